The summed E-state index contributed by atoms with van der Waals surface area (Å²) in [6.07, 6.45) is 2.44. The van der Waals surface area contributed by atoms with Crippen molar-refractivity contribution < 1.29 is 9.59 Å². The molecule has 1 atom stereocenters. The zero-order valence-electron chi connectivity index (χ0n) is 20.1. The number of likely N-dealkylation sites (tertiary alicyclic amines) is 1. The maximum atomic E-state index is 13.2. The number of benzene rings is 1. The molecule has 0 radical (unpaired) electrons. The number of carbonyl (C=O) groups excluding carboxylic acids is 2. The number of H-pyrrole nitrogens is 1. The van der Waals surface area contributed by atoms with Crippen LogP contribution in [0, 0.1) is 6.92 Å². The first-order valence-electron chi connectivity index (χ1n) is 11.7. The average Bonchev–Trinajstić information content (AvgIpc) is 3.46. The second-order valence-corrected chi connectivity index (χ2v) is 8.95. The predicted octanol–water partition coefficient (Wildman–Crippen LogP) is 3.90. The first-order chi connectivity index (χ1) is 15.8. The minimum atomic E-state index is -0.0397. The monoisotopic (exact) mass is 448 g/mol. The Bertz CT molecular complexity index is 1180. The number of amides is 2. The molecule has 1 N–H and O–H groups in total. The molecule has 1 aliphatic heterocycles. The fraction of sp³-hybridized carbons (Fsp3) is 0.480. The molecule has 2 aromatic heterocycles. The number of aromatic nitrogens is 4. The van der Waals surface area contributed by atoms with E-state index in [1.165, 1.54) is 0 Å². The summed E-state index contributed by atoms with van der Waals surface area (Å²) in [5, 5.41) is 0. The minimum Gasteiger partial charge on any atom is -0.342 e. The van der Waals surface area contributed by atoms with E-state index in [0.29, 0.717) is 54.7 Å². The molecule has 0 aliphatic carbocycles. The van der Waals surface area contributed by atoms with Crippen molar-refractivity contribution in [2.45, 2.75) is 52.9 Å². The summed E-state index contributed by atoms with van der Waals surface area (Å²) in [4.78, 5) is 46.5. The van der Waals surface area contributed by atoms with Crippen molar-refractivity contribution in [2.75, 3.05) is 26.2 Å². The van der Waals surface area contributed by atoms with Crippen LogP contribution in [0.15, 0.2) is 24.4 Å². The summed E-state index contributed by atoms with van der Waals surface area (Å²) in [5.41, 5.74) is 3.64. The van der Waals surface area contributed by atoms with E-state index in [1.807, 2.05) is 43.9 Å². The normalized spacial score (nSPS) is 16.1. The average molecular weight is 449 g/mol. The lowest BCUT2D eigenvalue weighted by molar-refractivity contribution is 0.0769. The largest absolute Gasteiger partial charge is 0.342 e. The van der Waals surface area contributed by atoms with Crippen molar-refractivity contribution in [3.63, 3.8) is 0 Å². The van der Waals surface area contributed by atoms with Crippen molar-refractivity contribution in [1.29, 1.82) is 0 Å². The van der Waals surface area contributed by atoms with Crippen molar-refractivity contribution in [1.82, 2.24) is 29.7 Å². The summed E-state index contributed by atoms with van der Waals surface area (Å²) < 4.78 is 0. The van der Waals surface area contributed by atoms with Crippen LogP contribution in [0.5, 0.6) is 0 Å². The summed E-state index contributed by atoms with van der Waals surface area (Å²) in [6, 6.07) is 5.63. The number of rotatable bonds is 6. The molecule has 0 spiro atoms. The van der Waals surface area contributed by atoms with E-state index >= 15 is 0 Å². The second kappa shape index (κ2) is 9.29. The minimum absolute atomic E-state index is 0.00477. The number of fused-ring (bicyclic) bond motifs is 1. The van der Waals surface area contributed by atoms with E-state index in [4.69, 9.17) is 0 Å². The Morgan fingerprint density at radius 2 is 1.97 bits per heavy atom. The van der Waals surface area contributed by atoms with Crippen molar-refractivity contribution in [3.8, 4) is 0 Å². The van der Waals surface area contributed by atoms with E-state index in [-0.39, 0.29) is 17.7 Å². The van der Waals surface area contributed by atoms with Crippen LogP contribution >= 0.6 is 0 Å². The van der Waals surface area contributed by atoms with Gasteiger partial charge in [-0.1, -0.05) is 13.8 Å². The molecule has 1 fully saturated rings. The molecule has 1 aliphatic rings. The summed E-state index contributed by atoms with van der Waals surface area (Å²) >= 11 is 0. The van der Waals surface area contributed by atoms with E-state index < -0.39 is 0 Å². The number of hydrogen-bond donors (Lipinski definition) is 1. The molecule has 4 rings (SSSR count). The number of nitrogens with one attached hydrogen (secondary N) is 1. The standard InChI is InChI=1S/C25H32N6O2/c1-6-30(7-2)25(33)19-13-26-23(27-16(19)5)18-10-11-31(14-18)24(32)17-8-9-20-21(12-17)29-22(28-20)15(3)4/h8-9,12-13,15,18H,6-7,10-11,14H2,1-5H3,(H,28,29)/t18-/m0/s1. The molecule has 3 heterocycles. The van der Waals surface area contributed by atoms with Crippen LogP contribution in [-0.4, -0.2) is 67.7 Å². The maximum absolute atomic E-state index is 13.2. The second-order valence-electron chi connectivity index (χ2n) is 8.95. The van der Waals surface area contributed by atoms with E-state index in [2.05, 4.69) is 33.8 Å². The van der Waals surface area contributed by atoms with Crippen LogP contribution in [-0.2, 0) is 0 Å². The van der Waals surface area contributed by atoms with Crippen LogP contribution in [0.25, 0.3) is 11.0 Å². The molecular formula is C25H32N6O2. The SMILES string of the molecule is CCN(CC)C(=O)c1cnc([C@H]2CCN(C(=O)c3ccc4nc(C(C)C)[nH]c4c3)C2)nc1C. The highest BCUT2D eigenvalue weighted by Crippen LogP contribution is 2.27. The molecule has 0 unspecified atom stereocenters. The van der Waals surface area contributed by atoms with Gasteiger partial charge in [-0.25, -0.2) is 15.0 Å². The van der Waals surface area contributed by atoms with Gasteiger partial charge in [-0.05, 0) is 45.4 Å². The van der Waals surface area contributed by atoms with Crippen LogP contribution in [0.4, 0.5) is 0 Å². The number of aromatic amines is 1. The molecule has 8 nitrogen and oxygen atoms in total. The summed E-state index contributed by atoms with van der Waals surface area (Å²) in [5.74, 6) is 1.95. The maximum Gasteiger partial charge on any atom is 0.257 e. The van der Waals surface area contributed by atoms with Gasteiger partial charge in [0, 0.05) is 49.8 Å². The third-order valence-electron chi connectivity index (χ3n) is 6.41. The Hall–Kier alpha value is -3.29. The first-order valence-corrected chi connectivity index (χ1v) is 11.7. The molecule has 3 aromatic rings. The number of carbonyl (C=O) groups is 2. The van der Waals surface area contributed by atoms with E-state index in [0.717, 1.165) is 23.3 Å². The summed E-state index contributed by atoms with van der Waals surface area (Å²) in [6.45, 7) is 12.5. The Kier molecular flexibility index (Phi) is 6.44. The molecule has 8 heteroatoms. The van der Waals surface area contributed by atoms with Crippen molar-refractivity contribution >= 4 is 22.8 Å². The smallest absolute Gasteiger partial charge is 0.257 e. The first kappa shape index (κ1) is 22.9. The van der Waals surface area contributed by atoms with Gasteiger partial charge in [0.15, 0.2) is 0 Å². The zero-order chi connectivity index (χ0) is 23.7. The van der Waals surface area contributed by atoms with Crippen LogP contribution < -0.4 is 0 Å². The number of hydrogen-bond acceptors (Lipinski definition) is 5. The third kappa shape index (κ3) is 4.47. The highest BCUT2D eigenvalue weighted by Gasteiger charge is 2.30. The lowest BCUT2D eigenvalue weighted by Gasteiger charge is -2.20. The third-order valence-corrected chi connectivity index (χ3v) is 6.41. The predicted molar refractivity (Wildman–Crippen MR) is 127 cm³/mol. The van der Waals surface area contributed by atoms with Crippen molar-refractivity contribution in [3.05, 3.63) is 52.9 Å². The van der Waals surface area contributed by atoms with Gasteiger partial charge in [0.05, 0.1) is 22.3 Å². The molecule has 1 aromatic carbocycles. The molecule has 0 bridgehead atoms. The van der Waals surface area contributed by atoms with Gasteiger partial charge >= 0.3 is 0 Å². The lowest BCUT2D eigenvalue weighted by Crippen LogP contribution is -2.31. The quantitative estimate of drug-likeness (QED) is 0.617. The topological polar surface area (TPSA) is 95.1 Å². The Balaban J connectivity index is 1.48. The van der Waals surface area contributed by atoms with Gasteiger partial charge in [0.1, 0.15) is 11.6 Å². The molecule has 174 valence electrons. The highest BCUT2D eigenvalue weighted by atomic mass is 16.2. The van der Waals surface area contributed by atoms with Crippen molar-refractivity contribution in [2.24, 2.45) is 0 Å². The Labute approximate surface area is 194 Å². The Morgan fingerprint density at radius 3 is 2.64 bits per heavy atom. The molecule has 0 saturated carbocycles. The van der Waals surface area contributed by atoms with Gasteiger partial charge in [0.2, 0.25) is 0 Å². The fourth-order valence-corrected chi connectivity index (χ4v) is 4.35. The van der Waals surface area contributed by atoms with E-state index in [9.17, 15) is 9.59 Å². The number of nitrogens with zero attached hydrogens (tertiary/aromatic N) is 5. The zero-order valence-corrected chi connectivity index (χ0v) is 20.1. The molecular weight excluding hydrogens is 416 g/mol. The van der Waals surface area contributed by atoms with E-state index in [1.54, 1.807) is 11.1 Å². The molecule has 2 amide bonds. The summed E-state index contributed by atoms with van der Waals surface area (Å²) in [7, 11) is 0. The van der Waals surface area contributed by atoms with Gasteiger partial charge in [-0.3, -0.25) is 9.59 Å². The number of imidazole rings is 1. The highest BCUT2D eigenvalue weighted by molar-refractivity contribution is 5.97. The van der Waals surface area contributed by atoms with Gasteiger partial charge < -0.3 is 14.8 Å². The van der Waals surface area contributed by atoms with Crippen LogP contribution in [0.2, 0.25) is 0 Å². The van der Waals surface area contributed by atoms with Crippen LogP contribution in [0.3, 0.4) is 0 Å². The molecule has 1 saturated heterocycles. The number of aryl methyl sites for hydroxylation is 1. The Morgan fingerprint density at radius 1 is 1.21 bits per heavy atom. The lowest BCUT2D eigenvalue weighted by atomic mass is 10.1. The van der Waals surface area contributed by atoms with Gasteiger partial charge in [0.25, 0.3) is 11.8 Å². The molecule has 33 heavy (non-hydrogen) atoms. The van der Waals surface area contributed by atoms with Gasteiger partial charge in [-0.2, -0.15) is 0 Å². The fourth-order valence-electron chi connectivity index (χ4n) is 4.35. The van der Waals surface area contributed by atoms with Gasteiger partial charge in [-0.15, -0.1) is 0 Å². The van der Waals surface area contributed by atoms with Crippen LogP contribution in [0.1, 0.15) is 84.0 Å².